The normalized spacial score (nSPS) is 13.8. The summed E-state index contributed by atoms with van der Waals surface area (Å²) in [6.45, 7) is 25.5. The van der Waals surface area contributed by atoms with E-state index in [9.17, 15) is 9.59 Å². The Hall–Kier alpha value is -4.12. The van der Waals surface area contributed by atoms with E-state index in [-0.39, 0.29) is 114 Å². The summed E-state index contributed by atoms with van der Waals surface area (Å²) in [4.78, 5) is 27.2. The maximum atomic E-state index is 11.6. The minimum atomic E-state index is -0.770. The van der Waals surface area contributed by atoms with E-state index in [1.807, 2.05) is 98.9 Å². The number of quaternary nitrogens is 1. The minimum absolute atomic E-state index is 0. The second-order valence-electron chi connectivity index (χ2n) is 21.6. The Kier molecular flexibility index (Phi) is 38.8. The molecule has 2 aliphatic heterocycles. The average Bonchev–Trinajstić information content (AvgIpc) is 4.13. The number of hydrogen-bond acceptors (Lipinski definition) is 6. The van der Waals surface area contributed by atoms with Gasteiger partial charge >= 0.3 is 68.9 Å². The Bertz CT molecular complexity index is 2920. The van der Waals surface area contributed by atoms with Gasteiger partial charge in [0, 0.05) is 30.8 Å². The van der Waals surface area contributed by atoms with Gasteiger partial charge in [0.2, 0.25) is 0 Å². The fourth-order valence-electron chi connectivity index (χ4n) is 10.5. The molecule has 0 aromatic heterocycles. The summed E-state index contributed by atoms with van der Waals surface area (Å²) < 4.78 is 6.14. The van der Waals surface area contributed by atoms with Crippen molar-refractivity contribution in [1.82, 2.24) is 0 Å². The molecule has 1 fully saturated rings. The van der Waals surface area contributed by atoms with Gasteiger partial charge in [0.15, 0.2) is 5.78 Å². The molecular weight excluding hydrogens is 1210 g/mol. The van der Waals surface area contributed by atoms with Crippen LogP contribution in [0.5, 0.6) is 0 Å². The molecule has 2 aliphatic rings. The van der Waals surface area contributed by atoms with E-state index in [0.717, 1.165) is 50.3 Å². The van der Waals surface area contributed by atoms with Crippen molar-refractivity contribution in [3.05, 3.63) is 209 Å². The zero-order valence-electron chi connectivity index (χ0n) is 51.9. The number of ether oxygens (including phenoxy) is 1. The zero-order valence-corrected chi connectivity index (χ0v) is 59.8. The molecule has 0 amide bonds. The average molecular weight is 1310 g/mol. The summed E-state index contributed by atoms with van der Waals surface area (Å²) in [6, 6.07) is 53.0. The molecule has 0 saturated carbocycles. The molecule has 0 bridgehead atoms. The van der Waals surface area contributed by atoms with Crippen molar-refractivity contribution in [1.29, 1.82) is 0 Å². The number of nitrogens with two attached hydrogens (primary N) is 1. The number of carbonyl (C=O) groups excluding carboxylic acids is 2. The molecule has 0 spiro atoms. The molecular formula is C73H97BrCsN3O5. The summed E-state index contributed by atoms with van der Waals surface area (Å²) in [5.41, 5.74) is 18.0. The molecule has 83 heavy (non-hydrogen) atoms. The van der Waals surface area contributed by atoms with Crippen molar-refractivity contribution in [3.8, 4) is 11.1 Å². The van der Waals surface area contributed by atoms with Gasteiger partial charge in [-0.25, -0.2) is 0 Å². The van der Waals surface area contributed by atoms with E-state index in [1.54, 1.807) is 25.0 Å². The molecule has 8 nitrogen and oxygen atoms in total. The summed E-state index contributed by atoms with van der Waals surface area (Å²) in [5.74, 6) is 0.165. The van der Waals surface area contributed by atoms with Crippen LogP contribution in [0, 0.1) is 13.8 Å². The van der Waals surface area contributed by atoms with Crippen molar-refractivity contribution in [3.63, 3.8) is 0 Å². The van der Waals surface area contributed by atoms with Crippen LogP contribution in [0.25, 0.3) is 38.7 Å². The van der Waals surface area contributed by atoms with Crippen LogP contribution in [0.1, 0.15) is 145 Å². The maximum absolute atomic E-state index is 11.6. The third kappa shape index (κ3) is 24.6. The molecule has 0 aliphatic carbocycles. The number of halogens is 1. The number of fused-ring (bicyclic) bond motifs is 7. The summed E-state index contributed by atoms with van der Waals surface area (Å²) in [7, 11) is 0. The van der Waals surface area contributed by atoms with Crippen LogP contribution in [0.2, 0.25) is 0 Å². The number of carbonyl (C=O) groups is 2. The first-order chi connectivity index (χ1) is 38.3. The number of rotatable bonds is 18. The molecule has 0 radical (unpaired) electrons. The monoisotopic (exact) mass is 1310 g/mol. The van der Waals surface area contributed by atoms with Crippen LogP contribution in [-0.4, -0.2) is 71.1 Å². The molecule has 2 atom stereocenters. The number of allylic oxidation sites excluding steroid dienone is 2. The van der Waals surface area contributed by atoms with Gasteiger partial charge in [-0.15, -0.1) is 0 Å². The van der Waals surface area contributed by atoms with Gasteiger partial charge in [0.1, 0.15) is 24.9 Å². The molecule has 9 rings (SSSR count). The number of nitrogens with zero attached hydrogens (tertiary/aromatic N) is 2. The second-order valence-corrected chi connectivity index (χ2v) is 21.6. The van der Waals surface area contributed by atoms with Crippen molar-refractivity contribution in [2.45, 2.75) is 158 Å². The van der Waals surface area contributed by atoms with E-state index in [0.29, 0.717) is 19.3 Å². The smallest absolute Gasteiger partial charge is 1.00 e. The van der Waals surface area contributed by atoms with Crippen molar-refractivity contribution >= 4 is 45.4 Å². The van der Waals surface area contributed by atoms with Gasteiger partial charge in [-0.1, -0.05) is 216 Å². The quantitative estimate of drug-likeness (QED) is 0.0517. The van der Waals surface area contributed by atoms with Gasteiger partial charge in [-0.3, -0.25) is 14.6 Å². The first-order valence-electron chi connectivity index (χ1n) is 29.5. The van der Waals surface area contributed by atoms with Crippen molar-refractivity contribution < 1.29 is 116 Å². The number of ketones is 2. The summed E-state index contributed by atoms with van der Waals surface area (Å²) in [6.07, 6.45) is 21.5. The number of unbranched alkanes of at least 4 members (excludes halogenated alkanes) is 2. The maximum Gasteiger partial charge on any atom is 1.00 e. The minimum Gasteiger partial charge on any atom is -1.00 e. The van der Waals surface area contributed by atoms with Crippen molar-refractivity contribution in [2.75, 3.05) is 26.3 Å². The van der Waals surface area contributed by atoms with Gasteiger partial charge in [0.05, 0.1) is 18.6 Å². The SMILES string of the molecule is C/C=C/C[C@](N)(Cc1ccccc1)C(C)=O.C1CCOC1.CC/C=C/c1ccccc1.CCC=NC(Cc1ccccc1)C(C)=O.CCCC[N+]1(CCCC)Cc2c(C)cc3ccccc3c2-c2c(c(C)cc3ccccc23)C1.O.[Br-].[Cs+].[OH-]. The molecule has 7 aromatic rings. The molecule has 7 aromatic carbocycles. The number of aliphatic imine (C=N–C) groups is 1. The Balaban J connectivity index is 0.000000581. The largest absolute Gasteiger partial charge is 1.00 e. The number of benzene rings is 7. The van der Waals surface area contributed by atoms with Crippen LogP contribution in [0.15, 0.2) is 175 Å². The van der Waals surface area contributed by atoms with Crippen LogP contribution in [0.3, 0.4) is 0 Å². The van der Waals surface area contributed by atoms with E-state index >= 15 is 0 Å². The fraction of sp³-hybridized carbons (Fsp3) is 0.384. The molecule has 1 unspecified atom stereocenters. The molecule has 5 N–H and O–H groups in total. The standard InChI is InChI=1S/C32H38N.C14H19NO.C13H17NO.C10H12.C4H8O.BrH.Cs.2H2O/c1-5-7-17-33(18-8-6-2)21-29-23(3)19-25-13-9-11-15-27(25)31(29)32-28-16-12-10-14-26(28)20-24(4)30(32)22-33;1-3-4-10-14(15,12(2)16)11-13-8-6-5-7-9-13;1-3-9-14-13(11(2)15)10-12-7-5-4-6-8-12;1-2-3-7-10-8-5-4-6-9-10;1-2-4-5-3-1;;;;/h9-16,19-20H,5-8,17-18,21-22H2,1-4H3;3-9H,10-11,15H2,1-2H3;4-9,13H,3,10H2,1-2H3;3-9H,2H2,1H3;1-4H2;1H;;2*1H2/q+1;;;;;;+1;;/p-2/b;4-3+;;7-3+;;;;;/t;14-;;;;;;;/m.0......./s1. The predicted octanol–water partition coefficient (Wildman–Crippen LogP) is 10.8. The Morgan fingerprint density at radius 3 is 1.53 bits per heavy atom. The number of hydrogen-bond donors (Lipinski definition) is 1. The van der Waals surface area contributed by atoms with Gasteiger partial charge < -0.3 is 42.9 Å². The Morgan fingerprint density at radius 2 is 1.12 bits per heavy atom. The Labute approximate surface area is 569 Å². The third-order valence-corrected chi connectivity index (χ3v) is 15.1. The van der Waals surface area contributed by atoms with Gasteiger partial charge in [0.25, 0.3) is 0 Å². The predicted molar refractivity (Wildman–Crippen MR) is 346 cm³/mol. The molecule has 2 heterocycles. The van der Waals surface area contributed by atoms with E-state index in [2.05, 4.69) is 137 Å². The third-order valence-electron chi connectivity index (χ3n) is 15.1. The summed E-state index contributed by atoms with van der Waals surface area (Å²) >= 11 is 0. The molecule has 10 heteroatoms. The van der Waals surface area contributed by atoms with Crippen LogP contribution in [-0.2, 0) is 40.3 Å². The number of Topliss-reactive ketones (excluding diaryl/α,β-unsaturated/α-hetero) is 2. The first kappa shape index (κ1) is 76.9. The first-order valence-corrected chi connectivity index (χ1v) is 29.5. The van der Waals surface area contributed by atoms with Crippen LogP contribution < -0.4 is 91.6 Å². The summed E-state index contributed by atoms with van der Waals surface area (Å²) in [5, 5.41) is 5.57. The van der Waals surface area contributed by atoms with Crippen LogP contribution in [0.4, 0.5) is 0 Å². The van der Waals surface area contributed by atoms with E-state index in [1.165, 1.54) is 105 Å². The molecule has 442 valence electrons. The van der Waals surface area contributed by atoms with Gasteiger partial charge in [-0.05, 0) is 153 Å². The fourth-order valence-corrected chi connectivity index (χ4v) is 10.5. The van der Waals surface area contributed by atoms with Gasteiger partial charge in [-0.2, -0.15) is 0 Å². The van der Waals surface area contributed by atoms with Crippen LogP contribution >= 0.6 is 0 Å². The molecule has 1 saturated heterocycles. The van der Waals surface area contributed by atoms with Crippen molar-refractivity contribution in [2.24, 2.45) is 10.7 Å². The van der Waals surface area contributed by atoms with E-state index < -0.39 is 5.54 Å². The Morgan fingerprint density at radius 1 is 0.663 bits per heavy atom. The topological polar surface area (TPSA) is 143 Å². The second kappa shape index (κ2) is 41.8. The zero-order chi connectivity index (χ0) is 56.9. The van der Waals surface area contributed by atoms with E-state index in [4.69, 9.17) is 10.5 Å². The number of aryl methyl sites for hydroxylation is 2.